The lowest BCUT2D eigenvalue weighted by atomic mass is 10.1. The molecule has 0 aromatic heterocycles. The number of aliphatic carboxylic acids is 1. The lowest BCUT2D eigenvalue weighted by molar-refractivity contribution is -0.138. The maximum Gasteiger partial charge on any atom is 0.325 e. The second-order valence-corrected chi connectivity index (χ2v) is 3.33. The van der Waals surface area contributed by atoms with Gasteiger partial charge in [-0.25, -0.2) is 0 Å². The van der Waals surface area contributed by atoms with E-state index in [0.717, 1.165) is 0 Å². The van der Waals surface area contributed by atoms with Crippen molar-refractivity contribution in [2.24, 2.45) is 5.73 Å². The Morgan fingerprint density at radius 2 is 2.08 bits per heavy atom. The molecule has 0 fully saturated rings. The highest BCUT2D eigenvalue weighted by Gasteiger charge is 2.17. The molecule has 0 aliphatic heterocycles. The molecule has 0 aliphatic carbocycles. The van der Waals surface area contributed by atoms with Crippen LogP contribution in [0, 0.1) is 0 Å². The third-order valence-corrected chi connectivity index (χ3v) is 2.14. The Bertz CT molecular complexity index is 341. The maximum absolute atomic E-state index is 10.5. The number of carboxylic acids is 1. The highest BCUT2D eigenvalue weighted by Crippen LogP contribution is 2.25. The summed E-state index contributed by atoms with van der Waals surface area (Å²) >= 11 is 11.4. The van der Waals surface area contributed by atoms with E-state index in [4.69, 9.17) is 34.0 Å². The average Bonchev–Trinajstić information content (AvgIpc) is 2.08. The molecular formula is C8H7Cl2NO2. The molecule has 5 heteroatoms. The molecule has 0 spiro atoms. The number of carboxylic acid groups (broad SMARTS) is 1. The van der Waals surface area contributed by atoms with Crippen LogP contribution in [0.15, 0.2) is 18.2 Å². The predicted octanol–water partition coefficient (Wildman–Crippen LogP) is 2.08. The van der Waals surface area contributed by atoms with E-state index in [1.165, 1.54) is 12.1 Å². The van der Waals surface area contributed by atoms with Crippen molar-refractivity contribution < 1.29 is 9.90 Å². The van der Waals surface area contributed by atoms with E-state index >= 15 is 0 Å². The summed E-state index contributed by atoms with van der Waals surface area (Å²) in [5.41, 5.74) is 5.69. The lowest BCUT2D eigenvalue weighted by Crippen LogP contribution is -2.20. The topological polar surface area (TPSA) is 63.3 Å². The van der Waals surface area contributed by atoms with Crippen LogP contribution in [-0.4, -0.2) is 11.1 Å². The monoisotopic (exact) mass is 219 g/mol. The van der Waals surface area contributed by atoms with E-state index in [9.17, 15) is 4.79 Å². The van der Waals surface area contributed by atoms with Gasteiger partial charge in [-0.1, -0.05) is 23.2 Å². The molecule has 0 saturated heterocycles. The lowest BCUT2D eigenvalue weighted by Gasteiger charge is -2.08. The highest BCUT2D eigenvalue weighted by molar-refractivity contribution is 6.33. The smallest absolute Gasteiger partial charge is 0.325 e. The summed E-state index contributed by atoms with van der Waals surface area (Å²) in [4.78, 5) is 10.5. The van der Waals surface area contributed by atoms with Gasteiger partial charge in [0.15, 0.2) is 0 Å². The van der Waals surface area contributed by atoms with Crippen LogP contribution >= 0.6 is 23.2 Å². The van der Waals surface area contributed by atoms with Crippen LogP contribution in [0.2, 0.25) is 10.0 Å². The summed E-state index contributed by atoms with van der Waals surface area (Å²) in [7, 11) is 0. The minimum atomic E-state index is -1.14. The quantitative estimate of drug-likeness (QED) is 0.801. The molecule has 70 valence electrons. The fourth-order valence-electron chi connectivity index (χ4n) is 0.886. The van der Waals surface area contributed by atoms with Crippen LogP contribution < -0.4 is 5.73 Å². The Labute approximate surface area is 85.1 Å². The number of hydrogen-bond donors (Lipinski definition) is 2. The van der Waals surface area contributed by atoms with Crippen LogP contribution in [0.3, 0.4) is 0 Å². The molecule has 13 heavy (non-hydrogen) atoms. The maximum atomic E-state index is 10.5. The average molecular weight is 220 g/mol. The Morgan fingerprint density at radius 1 is 1.46 bits per heavy atom. The van der Waals surface area contributed by atoms with E-state index in [1.54, 1.807) is 6.07 Å². The molecule has 0 aliphatic rings. The van der Waals surface area contributed by atoms with Gasteiger partial charge >= 0.3 is 5.97 Å². The van der Waals surface area contributed by atoms with Gasteiger partial charge in [-0.2, -0.15) is 0 Å². The number of rotatable bonds is 2. The third-order valence-electron chi connectivity index (χ3n) is 1.56. The Kier molecular flexibility index (Phi) is 3.14. The van der Waals surface area contributed by atoms with Crippen molar-refractivity contribution in [3.05, 3.63) is 33.8 Å². The molecule has 0 amide bonds. The summed E-state index contributed by atoms with van der Waals surface area (Å²) in [6, 6.07) is 3.40. The molecule has 0 heterocycles. The minimum absolute atomic E-state index is 0.305. The fourth-order valence-corrected chi connectivity index (χ4v) is 1.30. The van der Waals surface area contributed by atoms with E-state index in [2.05, 4.69) is 0 Å². The molecular weight excluding hydrogens is 213 g/mol. The molecule has 1 unspecified atom stereocenters. The Balaban J connectivity index is 3.12. The summed E-state index contributed by atoms with van der Waals surface area (Å²) < 4.78 is 0. The SMILES string of the molecule is NC(C(=O)O)c1cc(Cl)ccc1Cl. The first kappa shape index (κ1) is 10.3. The first-order valence-corrected chi connectivity index (χ1v) is 4.21. The predicted molar refractivity (Wildman–Crippen MR) is 51.0 cm³/mol. The van der Waals surface area contributed by atoms with Gasteiger partial charge in [0, 0.05) is 15.6 Å². The van der Waals surface area contributed by atoms with Gasteiger partial charge in [0.05, 0.1) is 0 Å². The largest absolute Gasteiger partial charge is 0.480 e. The summed E-state index contributed by atoms with van der Waals surface area (Å²) in [5, 5.41) is 9.34. The van der Waals surface area contributed by atoms with E-state index in [0.29, 0.717) is 15.6 Å². The van der Waals surface area contributed by atoms with Gasteiger partial charge in [-0.3, -0.25) is 4.79 Å². The molecule has 1 atom stereocenters. The fraction of sp³-hybridized carbons (Fsp3) is 0.125. The van der Waals surface area contributed by atoms with Crippen molar-refractivity contribution >= 4 is 29.2 Å². The van der Waals surface area contributed by atoms with Gasteiger partial charge in [0.25, 0.3) is 0 Å². The van der Waals surface area contributed by atoms with Crippen molar-refractivity contribution in [2.45, 2.75) is 6.04 Å². The standard InChI is InChI=1S/C8H7Cl2NO2/c9-4-1-2-6(10)5(3-4)7(11)8(12)13/h1-3,7H,11H2,(H,12,13). The van der Waals surface area contributed by atoms with Crippen molar-refractivity contribution in [1.29, 1.82) is 0 Å². The normalized spacial score (nSPS) is 12.5. The van der Waals surface area contributed by atoms with E-state index in [1.807, 2.05) is 0 Å². The number of hydrogen-bond acceptors (Lipinski definition) is 2. The molecule has 3 nitrogen and oxygen atoms in total. The van der Waals surface area contributed by atoms with Crippen LogP contribution in [-0.2, 0) is 4.79 Å². The highest BCUT2D eigenvalue weighted by atomic mass is 35.5. The zero-order valence-electron chi connectivity index (χ0n) is 6.50. The first-order chi connectivity index (χ1) is 6.02. The van der Waals surface area contributed by atoms with Gasteiger partial charge < -0.3 is 10.8 Å². The van der Waals surface area contributed by atoms with Gasteiger partial charge in [-0.15, -0.1) is 0 Å². The molecule has 3 N–H and O–H groups in total. The number of benzene rings is 1. The van der Waals surface area contributed by atoms with E-state index in [-0.39, 0.29) is 0 Å². The van der Waals surface area contributed by atoms with Gasteiger partial charge in [-0.05, 0) is 18.2 Å². The molecule has 0 saturated carbocycles. The number of nitrogens with two attached hydrogens (primary N) is 1. The summed E-state index contributed by atoms with van der Waals surface area (Å²) in [6.45, 7) is 0. The van der Waals surface area contributed by atoms with Crippen LogP contribution in [0.25, 0.3) is 0 Å². The van der Waals surface area contributed by atoms with Gasteiger partial charge in [0.1, 0.15) is 6.04 Å². The van der Waals surface area contributed by atoms with E-state index < -0.39 is 12.0 Å². The summed E-state index contributed by atoms with van der Waals surface area (Å²) in [5.74, 6) is -1.14. The Morgan fingerprint density at radius 3 is 2.62 bits per heavy atom. The van der Waals surface area contributed by atoms with Gasteiger partial charge in [0.2, 0.25) is 0 Å². The minimum Gasteiger partial charge on any atom is -0.480 e. The second kappa shape index (κ2) is 3.96. The third kappa shape index (κ3) is 2.34. The number of carbonyl (C=O) groups is 1. The van der Waals surface area contributed by atoms with Crippen LogP contribution in [0.1, 0.15) is 11.6 Å². The van der Waals surface area contributed by atoms with Crippen molar-refractivity contribution in [1.82, 2.24) is 0 Å². The molecule has 1 aromatic carbocycles. The second-order valence-electron chi connectivity index (χ2n) is 2.48. The first-order valence-electron chi connectivity index (χ1n) is 3.45. The molecule has 0 radical (unpaired) electrons. The molecule has 1 aromatic rings. The van der Waals surface area contributed by atoms with Crippen LogP contribution in [0.4, 0.5) is 0 Å². The molecule has 1 rings (SSSR count). The zero-order valence-corrected chi connectivity index (χ0v) is 8.01. The molecule has 0 bridgehead atoms. The Hall–Kier alpha value is -0.770. The summed E-state index contributed by atoms with van der Waals surface area (Å²) in [6.07, 6.45) is 0. The van der Waals surface area contributed by atoms with Crippen molar-refractivity contribution in [3.63, 3.8) is 0 Å². The zero-order chi connectivity index (χ0) is 10.0. The number of halogens is 2. The van der Waals surface area contributed by atoms with Crippen molar-refractivity contribution in [3.8, 4) is 0 Å². The van der Waals surface area contributed by atoms with Crippen molar-refractivity contribution in [2.75, 3.05) is 0 Å². The van der Waals surface area contributed by atoms with Crippen LogP contribution in [0.5, 0.6) is 0 Å².